The van der Waals surface area contributed by atoms with Crippen molar-refractivity contribution in [3.63, 3.8) is 0 Å². The molecule has 0 bridgehead atoms. The van der Waals surface area contributed by atoms with E-state index in [9.17, 15) is 33.6 Å². The number of unbranched alkanes of at least 4 members (excludes halogenated alkanes) is 21. The quantitative estimate of drug-likeness (QED) is 0.0156. The molecule has 328 valence electrons. The van der Waals surface area contributed by atoms with Gasteiger partial charge in [-0.3, -0.25) is 9.35 Å². The molecule has 12 nitrogen and oxygen atoms in total. The van der Waals surface area contributed by atoms with Gasteiger partial charge in [0.2, 0.25) is 5.91 Å². The molecule has 56 heavy (non-hydrogen) atoms. The summed E-state index contributed by atoms with van der Waals surface area (Å²) < 4.78 is 47.5. The third-order valence-electron chi connectivity index (χ3n) is 10.2. The number of ether oxygens (including phenoxy) is 2. The summed E-state index contributed by atoms with van der Waals surface area (Å²) in [5.41, 5.74) is 0. The van der Waals surface area contributed by atoms with Crippen LogP contribution < -0.4 is 5.32 Å². The summed E-state index contributed by atoms with van der Waals surface area (Å²) >= 11 is 0. The van der Waals surface area contributed by atoms with Crippen molar-refractivity contribution in [1.82, 2.24) is 5.32 Å². The average molecular weight is 818 g/mol. The van der Waals surface area contributed by atoms with E-state index in [0.29, 0.717) is 6.42 Å². The lowest BCUT2D eigenvalue weighted by molar-refractivity contribution is -0.298. The fourth-order valence-electron chi connectivity index (χ4n) is 6.74. The minimum atomic E-state index is -5.08. The van der Waals surface area contributed by atoms with Crippen LogP contribution in [0.3, 0.4) is 0 Å². The zero-order chi connectivity index (χ0) is 41.3. The van der Waals surface area contributed by atoms with Crippen molar-refractivity contribution >= 4 is 16.3 Å². The Morgan fingerprint density at radius 1 is 0.714 bits per heavy atom. The molecule has 1 heterocycles. The maximum absolute atomic E-state index is 13.0. The number of amides is 1. The smallest absolute Gasteiger partial charge is 0.394 e. The number of rotatable bonds is 36. The topological polar surface area (TPSA) is 192 Å². The summed E-state index contributed by atoms with van der Waals surface area (Å²) in [7, 11) is -5.08. The summed E-state index contributed by atoms with van der Waals surface area (Å²) in [6, 6.07) is -0.948. The molecule has 1 amide bonds. The number of hydrogen-bond acceptors (Lipinski definition) is 10. The first-order chi connectivity index (χ1) is 27.0. The lowest BCUT2D eigenvalue weighted by atomic mass is 9.99. The van der Waals surface area contributed by atoms with Gasteiger partial charge in [-0.1, -0.05) is 159 Å². The Bertz CT molecular complexity index is 1150. The van der Waals surface area contributed by atoms with Crippen LogP contribution in [0, 0.1) is 0 Å². The van der Waals surface area contributed by atoms with E-state index in [-0.39, 0.29) is 18.9 Å². The Hall–Kier alpha value is -1.68. The van der Waals surface area contributed by atoms with E-state index in [1.807, 2.05) is 6.08 Å². The SMILES string of the molecule is CCCCC/C=C\C=C/CCCCCCCCC(=O)NC(COC1OC(CO)C(O)C(OS(=O)(=O)O)C1O)C(O)/C=C/CCCCCCCCCCCCCC. The molecule has 13 heteroatoms. The second-order valence-electron chi connectivity index (χ2n) is 15.3. The van der Waals surface area contributed by atoms with Gasteiger partial charge in [-0.2, -0.15) is 8.42 Å². The summed E-state index contributed by atoms with van der Waals surface area (Å²) in [6.07, 6.45) is 30.3. The summed E-state index contributed by atoms with van der Waals surface area (Å²) in [5.74, 6) is -0.277. The number of carbonyl (C=O) groups is 1. The number of hydrogen-bond donors (Lipinski definition) is 6. The first-order valence-corrected chi connectivity index (χ1v) is 23.3. The fraction of sp³-hybridized carbons (Fsp3) is 0.837. The lowest BCUT2D eigenvalue weighted by Gasteiger charge is -2.41. The third-order valence-corrected chi connectivity index (χ3v) is 10.7. The van der Waals surface area contributed by atoms with Gasteiger partial charge < -0.3 is 35.2 Å². The number of aliphatic hydroxyl groups excluding tert-OH is 4. The standard InChI is InChI=1S/C43H79NO11S/c1-3-5-7-9-11-13-15-17-19-21-23-25-27-29-31-33-39(47)44-36(35-53-43-41(49)42(55-56(50,51)52)40(48)38(34-45)54-43)37(46)32-30-28-26-24-22-20-18-16-14-12-10-8-6-4-2/h11,13,15,17,30,32,36-38,40-43,45-46,48-49H,3-10,12,14,16,18-29,31,33-35H2,1-2H3,(H,44,47)(H,50,51,52)/b13-11-,17-15-,32-30+. The van der Waals surface area contributed by atoms with E-state index < -0.39 is 59.9 Å². The van der Waals surface area contributed by atoms with Crippen LogP contribution in [0.15, 0.2) is 36.5 Å². The maximum atomic E-state index is 13.0. The Labute approximate surface area is 339 Å². The van der Waals surface area contributed by atoms with Gasteiger partial charge in [-0.05, 0) is 44.9 Å². The van der Waals surface area contributed by atoms with Crippen LogP contribution in [0.4, 0.5) is 0 Å². The van der Waals surface area contributed by atoms with Crippen molar-refractivity contribution in [3.8, 4) is 0 Å². The second kappa shape index (κ2) is 34.2. The van der Waals surface area contributed by atoms with E-state index in [2.05, 4.69) is 47.7 Å². The first-order valence-electron chi connectivity index (χ1n) is 21.9. The van der Waals surface area contributed by atoms with E-state index in [1.165, 1.54) is 83.5 Å². The van der Waals surface area contributed by atoms with Crippen LogP contribution in [0.2, 0.25) is 0 Å². The maximum Gasteiger partial charge on any atom is 0.397 e. The van der Waals surface area contributed by atoms with E-state index in [4.69, 9.17) is 14.0 Å². The van der Waals surface area contributed by atoms with Crippen molar-refractivity contribution in [2.45, 2.75) is 217 Å². The molecule has 1 saturated heterocycles. The minimum Gasteiger partial charge on any atom is -0.394 e. The highest BCUT2D eigenvalue weighted by molar-refractivity contribution is 7.80. The predicted octanol–water partition coefficient (Wildman–Crippen LogP) is 7.94. The molecule has 7 unspecified atom stereocenters. The zero-order valence-electron chi connectivity index (χ0n) is 34.7. The number of aliphatic hydroxyl groups is 4. The third kappa shape index (κ3) is 27.1. The van der Waals surface area contributed by atoms with Gasteiger partial charge in [0.05, 0.1) is 25.4 Å². The van der Waals surface area contributed by atoms with Crippen LogP contribution in [0.1, 0.15) is 174 Å². The number of allylic oxidation sites excluding steroid dienone is 5. The van der Waals surface area contributed by atoms with Gasteiger partial charge in [-0.25, -0.2) is 4.18 Å². The molecule has 0 aromatic carbocycles. The van der Waals surface area contributed by atoms with Crippen molar-refractivity contribution in [2.75, 3.05) is 13.2 Å². The Kier molecular flexibility index (Phi) is 32.0. The van der Waals surface area contributed by atoms with Crippen LogP contribution in [-0.2, 0) is 28.9 Å². The number of carbonyl (C=O) groups excluding carboxylic acids is 1. The monoisotopic (exact) mass is 818 g/mol. The van der Waals surface area contributed by atoms with Crippen LogP contribution in [-0.4, -0.2) is 95.4 Å². The molecule has 1 aliphatic rings. The molecule has 1 fully saturated rings. The Morgan fingerprint density at radius 3 is 1.70 bits per heavy atom. The first kappa shape index (κ1) is 52.3. The zero-order valence-corrected chi connectivity index (χ0v) is 35.5. The largest absolute Gasteiger partial charge is 0.397 e. The van der Waals surface area contributed by atoms with E-state index in [1.54, 1.807) is 6.08 Å². The summed E-state index contributed by atoms with van der Waals surface area (Å²) in [4.78, 5) is 13.0. The van der Waals surface area contributed by atoms with Crippen LogP contribution >= 0.6 is 0 Å². The molecule has 0 aromatic rings. The van der Waals surface area contributed by atoms with Gasteiger partial charge in [0, 0.05) is 6.42 Å². The van der Waals surface area contributed by atoms with Crippen molar-refractivity contribution in [3.05, 3.63) is 36.5 Å². The fourth-order valence-corrected chi connectivity index (χ4v) is 7.25. The normalized spacial score (nSPS) is 21.7. The molecule has 1 rings (SSSR count). The molecule has 6 N–H and O–H groups in total. The Balaban J connectivity index is 2.58. The van der Waals surface area contributed by atoms with Crippen molar-refractivity contribution in [1.29, 1.82) is 0 Å². The molecule has 0 spiro atoms. The van der Waals surface area contributed by atoms with E-state index >= 15 is 0 Å². The molecule has 1 aliphatic heterocycles. The van der Waals surface area contributed by atoms with Crippen molar-refractivity contribution in [2.24, 2.45) is 0 Å². The Morgan fingerprint density at radius 2 is 1.18 bits per heavy atom. The van der Waals surface area contributed by atoms with Gasteiger partial charge in [0.25, 0.3) is 0 Å². The number of nitrogens with one attached hydrogen (secondary N) is 1. The predicted molar refractivity (Wildman–Crippen MR) is 222 cm³/mol. The van der Waals surface area contributed by atoms with Gasteiger partial charge >= 0.3 is 10.4 Å². The molecule has 0 aliphatic carbocycles. The summed E-state index contributed by atoms with van der Waals surface area (Å²) in [5, 5.41) is 44.6. The van der Waals surface area contributed by atoms with Gasteiger partial charge in [0.15, 0.2) is 6.29 Å². The average Bonchev–Trinajstić information content (AvgIpc) is 3.16. The van der Waals surface area contributed by atoms with Crippen LogP contribution in [0.25, 0.3) is 0 Å². The molecule has 7 atom stereocenters. The highest BCUT2D eigenvalue weighted by Crippen LogP contribution is 2.26. The van der Waals surface area contributed by atoms with Gasteiger partial charge in [-0.15, -0.1) is 0 Å². The highest BCUT2D eigenvalue weighted by atomic mass is 32.3. The molecular weight excluding hydrogens is 739 g/mol. The summed E-state index contributed by atoms with van der Waals surface area (Å²) in [6.45, 7) is 3.33. The van der Waals surface area contributed by atoms with E-state index in [0.717, 1.165) is 64.2 Å². The van der Waals surface area contributed by atoms with Crippen LogP contribution in [0.5, 0.6) is 0 Å². The molecule has 0 saturated carbocycles. The molecular formula is C43H79NO11S. The lowest BCUT2D eigenvalue weighted by Crippen LogP contribution is -2.61. The van der Waals surface area contributed by atoms with Crippen molar-refractivity contribution < 1.29 is 51.8 Å². The second-order valence-corrected chi connectivity index (χ2v) is 16.4. The highest BCUT2D eigenvalue weighted by Gasteiger charge is 2.48. The van der Waals surface area contributed by atoms with Gasteiger partial charge in [0.1, 0.15) is 24.4 Å². The molecule has 0 aromatic heterocycles. The minimum absolute atomic E-state index is 0.255. The molecule has 0 radical (unpaired) electrons.